The molecule has 0 bridgehead atoms. The van der Waals surface area contributed by atoms with Gasteiger partial charge in [0.15, 0.2) is 0 Å². The van der Waals surface area contributed by atoms with Gasteiger partial charge in [-0.15, -0.1) is 0 Å². The van der Waals surface area contributed by atoms with Gasteiger partial charge < -0.3 is 15.2 Å². The van der Waals surface area contributed by atoms with E-state index in [1.165, 1.54) is 0 Å². The summed E-state index contributed by atoms with van der Waals surface area (Å²) in [5.74, 6) is 0.643. The monoisotopic (exact) mass is 245 g/mol. The average molecular weight is 245 g/mol. The molecule has 0 aromatic heterocycles. The van der Waals surface area contributed by atoms with Crippen LogP contribution in [0.15, 0.2) is 0 Å². The molecule has 104 valence electrons. The number of ether oxygens (including phenoxy) is 1. The molecule has 0 aromatic rings. The van der Waals surface area contributed by atoms with Crippen molar-refractivity contribution >= 4 is 0 Å². The number of hydrogen-bond donors (Lipinski definition) is 2. The summed E-state index contributed by atoms with van der Waals surface area (Å²) in [7, 11) is 0. The van der Waals surface area contributed by atoms with Gasteiger partial charge in [-0.2, -0.15) is 0 Å². The highest BCUT2D eigenvalue weighted by molar-refractivity contribution is 4.67. The average Bonchev–Trinajstić information content (AvgIpc) is 2.27. The molecule has 0 spiro atoms. The van der Waals surface area contributed by atoms with Crippen molar-refractivity contribution in [3.8, 4) is 0 Å². The third-order valence-electron chi connectivity index (χ3n) is 3.00. The number of hydrogen-bond acceptors (Lipinski definition) is 3. The van der Waals surface area contributed by atoms with Gasteiger partial charge in [0.2, 0.25) is 0 Å². The first-order valence-corrected chi connectivity index (χ1v) is 7.02. The fourth-order valence-electron chi connectivity index (χ4n) is 1.95. The Kier molecular flexibility index (Phi) is 9.79. The lowest BCUT2D eigenvalue weighted by Gasteiger charge is -2.20. The van der Waals surface area contributed by atoms with Gasteiger partial charge in [-0.3, -0.25) is 0 Å². The van der Waals surface area contributed by atoms with Crippen LogP contribution in [0.4, 0.5) is 0 Å². The minimum Gasteiger partial charge on any atom is -0.389 e. The van der Waals surface area contributed by atoms with Crippen LogP contribution in [-0.4, -0.2) is 36.5 Å². The molecule has 0 heterocycles. The van der Waals surface area contributed by atoms with Crippen molar-refractivity contribution in [3.05, 3.63) is 0 Å². The highest BCUT2D eigenvalue weighted by Gasteiger charge is 2.11. The van der Waals surface area contributed by atoms with Crippen LogP contribution in [0.5, 0.6) is 0 Å². The van der Waals surface area contributed by atoms with Crippen molar-refractivity contribution in [1.29, 1.82) is 0 Å². The van der Waals surface area contributed by atoms with Crippen LogP contribution in [0.25, 0.3) is 0 Å². The fraction of sp³-hybridized carbons (Fsp3) is 1.00. The molecule has 2 N–H and O–H groups in total. The van der Waals surface area contributed by atoms with Crippen molar-refractivity contribution in [2.45, 2.75) is 72.1 Å². The van der Waals surface area contributed by atoms with Gasteiger partial charge >= 0.3 is 0 Å². The van der Waals surface area contributed by atoms with Gasteiger partial charge in [-0.1, -0.05) is 27.7 Å². The maximum absolute atomic E-state index is 9.78. The molecule has 2 unspecified atom stereocenters. The van der Waals surface area contributed by atoms with Crippen molar-refractivity contribution in [3.63, 3.8) is 0 Å². The molecule has 0 fully saturated rings. The van der Waals surface area contributed by atoms with Crippen LogP contribution in [0.2, 0.25) is 0 Å². The van der Waals surface area contributed by atoms with Crippen molar-refractivity contribution in [2.24, 2.45) is 5.92 Å². The quantitative estimate of drug-likeness (QED) is 0.621. The van der Waals surface area contributed by atoms with Gasteiger partial charge in [0.25, 0.3) is 0 Å². The summed E-state index contributed by atoms with van der Waals surface area (Å²) in [5, 5.41) is 13.1. The normalized spacial score (nSPS) is 15.5. The predicted molar refractivity (Wildman–Crippen MR) is 73.2 cm³/mol. The van der Waals surface area contributed by atoms with E-state index in [2.05, 4.69) is 39.9 Å². The second-order valence-electron chi connectivity index (χ2n) is 5.35. The summed E-state index contributed by atoms with van der Waals surface area (Å²) in [6.07, 6.45) is 3.09. The standard InChI is InChI=1S/C14H31NO2/c1-6-13(7-2)15-9-14(16)10-17-12(5)8-11(3)4/h11-16H,6-10H2,1-5H3. The van der Waals surface area contributed by atoms with E-state index >= 15 is 0 Å². The zero-order valence-electron chi connectivity index (χ0n) is 12.2. The van der Waals surface area contributed by atoms with E-state index in [1.807, 2.05) is 0 Å². The first-order chi connectivity index (χ1) is 7.99. The molecule has 0 saturated heterocycles. The topological polar surface area (TPSA) is 41.5 Å². The van der Waals surface area contributed by atoms with Gasteiger partial charge in [-0.25, -0.2) is 0 Å². The summed E-state index contributed by atoms with van der Waals surface area (Å²) in [6.45, 7) is 11.8. The summed E-state index contributed by atoms with van der Waals surface area (Å²) in [5.41, 5.74) is 0. The minimum absolute atomic E-state index is 0.234. The Morgan fingerprint density at radius 2 is 1.71 bits per heavy atom. The van der Waals surface area contributed by atoms with Gasteiger partial charge in [0.1, 0.15) is 0 Å². The third-order valence-corrected chi connectivity index (χ3v) is 3.00. The Labute approximate surface area is 107 Å². The largest absolute Gasteiger partial charge is 0.389 e. The van der Waals surface area contributed by atoms with E-state index in [-0.39, 0.29) is 6.10 Å². The molecule has 17 heavy (non-hydrogen) atoms. The lowest BCUT2D eigenvalue weighted by Crippen LogP contribution is -2.37. The molecule has 0 rings (SSSR count). The number of aliphatic hydroxyl groups is 1. The van der Waals surface area contributed by atoms with E-state index in [4.69, 9.17) is 4.74 Å². The second-order valence-corrected chi connectivity index (χ2v) is 5.35. The lowest BCUT2D eigenvalue weighted by atomic mass is 10.1. The van der Waals surface area contributed by atoms with Gasteiger partial charge in [-0.05, 0) is 32.1 Å². The van der Waals surface area contributed by atoms with Gasteiger partial charge in [0, 0.05) is 12.6 Å². The maximum Gasteiger partial charge on any atom is 0.0897 e. The Morgan fingerprint density at radius 3 is 2.18 bits per heavy atom. The zero-order chi connectivity index (χ0) is 13.3. The number of rotatable bonds is 10. The first-order valence-electron chi connectivity index (χ1n) is 7.02. The van der Waals surface area contributed by atoms with Crippen LogP contribution < -0.4 is 5.32 Å². The molecule has 0 radical (unpaired) electrons. The molecule has 2 atom stereocenters. The van der Waals surface area contributed by atoms with E-state index in [9.17, 15) is 5.11 Å². The van der Waals surface area contributed by atoms with E-state index < -0.39 is 6.10 Å². The highest BCUT2D eigenvalue weighted by atomic mass is 16.5. The Morgan fingerprint density at radius 1 is 1.12 bits per heavy atom. The van der Waals surface area contributed by atoms with E-state index in [0.29, 0.717) is 25.1 Å². The highest BCUT2D eigenvalue weighted by Crippen LogP contribution is 2.07. The van der Waals surface area contributed by atoms with Crippen LogP contribution in [0, 0.1) is 5.92 Å². The molecule has 0 aromatic carbocycles. The van der Waals surface area contributed by atoms with E-state index in [1.54, 1.807) is 0 Å². The fourth-order valence-corrected chi connectivity index (χ4v) is 1.95. The van der Waals surface area contributed by atoms with Crippen LogP contribution in [-0.2, 0) is 4.74 Å². The maximum atomic E-state index is 9.78. The molecule has 0 saturated carbocycles. The first kappa shape index (κ1) is 16.9. The van der Waals surface area contributed by atoms with Crippen LogP contribution >= 0.6 is 0 Å². The van der Waals surface area contributed by atoms with Crippen molar-refractivity contribution < 1.29 is 9.84 Å². The summed E-state index contributed by atoms with van der Waals surface area (Å²) in [4.78, 5) is 0. The molecule has 0 aliphatic rings. The second kappa shape index (κ2) is 9.86. The smallest absolute Gasteiger partial charge is 0.0897 e. The van der Waals surface area contributed by atoms with Crippen LogP contribution in [0.1, 0.15) is 53.9 Å². The zero-order valence-corrected chi connectivity index (χ0v) is 12.2. The van der Waals surface area contributed by atoms with Crippen molar-refractivity contribution in [1.82, 2.24) is 5.32 Å². The molecular weight excluding hydrogens is 214 g/mol. The Balaban J connectivity index is 3.61. The molecule has 0 aliphatic carbocycles. The third kappa shape index (κ3) is 9.57. The molecule has 0 aliphatic heterocycles. The van der Waals surface area contributed by atoms with Crippen LogP contribution in [0.3, 0.4) is 0 Å². The summed E-state index contributed by atoms with van der Waals surface area (Å²) in [6, 6.07) is 0.512. The number of nitrogens with one attached hydrogen (secondary N) is 1. The van der Waals surface area contributed by atoms with E-state index in [0.717, 1.165) is 19.3 Å². The number of aliphatic hydroxyl groups excluding tert-OH is 1. The Hall–Kier alpha value is -0.120. The molecule has 3 heteroatoms. The van der Waals surface area contributed by atoms with Crippen molar-refractivity contribution in [2.75, 3.05) is 13.2 Å². The lowest BCUT2D eigenvalue weighted by molar-refractivity contribution is -0.00933. The predicted octanol–water partition coefficient (Wildman–Crippen LogP) is 2.58. The Bertz CT molecular complexity index is 170. The summed E-state index contributed by atoms with van der Waals surface area (Å²) < 4.78 is 5.62. The molecule has 0 amide bonds. The minimum atomic E-state index is -0.398. The summed E-state index contributed by atoms with van der Waals surface area (Å²) >= 11 is 0. The molecule has 3 nitrogen and oxygen atoms in total. The SMILES string of the molecule is CCC(CC)NCC(O)COC(C)CC(C)C. The molecular formula is C14H31NO2. The van der Waals surface area contributed by atoms with Gasteiger partial charge in [0.05, 0.1) is 18.8 Å².